The normalized spacial score (nSPS) is 24.5. The van der Waals surface area contributed by atoms with Gasteiger partial charge in [0.15, 0.2) is 0 Å². The van der Waals surface area contributed by atoms with Gasteiger partial charge in [-0.05, 0) is 49.4 Å². The second-order valence-corrected chi connectivity index (χ2v) is 6.82. The van der Waals surface area contributed by atoms with Crippen LogP contribution in [0.3, 0.4) is 0 Å². The summed E-state index contributed by atoms with van der Waals surface area (Å²) >= 11 is 0. The number of carbonyl (C=O) groups excluding carboxylic acids is 1. The Morgan fingerprint density at radius 3 is 2.75 bits per heavy atom. The number of ether oxygens (including phenoxy) is 1. The van der Waals surface area contributed by atoms with Crippen molar-refractivity contribution in [2.75, 3.05) is 13.2 Å². The summed E-state index contributed by atoms with van der Waals surface area (Å²) in [4.78, 5) is 14.5. The summed E-state index contributed by atoms with van der Waals surface area (Å²) in [6.45, 7) is 2.32. The van der Waals surface area contributed by atoms with E-state index in [-0.39, 0.29) is 11.5 Å². The molecule has 2 aliphatic heterocycles. The molecule has 1 amide bonds. The Morgan fingerprint density at radius 2 is 2.04 bits per heavy atom. The molecule has 2 saturated heterocycles. The Morgan fingerprint density at radius 1 is 1.17 bits per heavy atom. The Kier molecular flexibility index (Phi) is 4.10. The van der Waals surface area contributed by atoms with Crippen molar-refractivity contribution in [2.45, 2.75) is 44.2 Å². The van der Waals surface area contributed by atoms with Crippen molar-refractivity contribution >= 4 is 5.91 Å². The summed E-state index contributed by atoms with van der Waals surface area (Å²) in [5, 5.41) is 4.24. The van der Waals surface area contributed by atoms with Gasteiger partial charge in [0, 0.05) is 38.5 Å². The number of aromatic nitrogens is 2. The van der Waals surface area contributed by atoms with Gasteiger partial charge in [-0.3, -0.25) is 4.79 Å². The van der Waals surface area contributed by atoms with Crippen LogP contribution in [0.2, 0.25) is 0 Å². The zero-order chi connectivity index (χ0) is 16.4. The molecular formula is C19H23N3O2. The summed E-state index contributed by atoms with van der Waals surface area (Å²) in [6, 6.07) is 10.2. The first-order valence-electron chi connectivity index (χ1n) is 8.75. The number of nitrogens with zero attached hydrogens (tertiary/aromatic N) is 3. The lowest BCUT2D eigenvalue weighted by Crippen LogP contribution is -2.32. The van der Waals surface area contributed by atoms with Gasteiger partial charge in [0.2, 0.25) is 5.91 Å². The predicted octanol–water partition coefficient (Wildman–Crippen LogP) is 2.93. The van der Waals surface area contributed by atoms with Crippen molar-refractivity contribution in [2.24, 2.45) is 0 Å². The van der Waals surface area contributed by atoms with E-state index in [4.69, 9.17) is 4.74 Å². The number of hydrogen-bond donors (Lipinski definition) is 0. The molecule has 1 spiro atoms. The fourth-order valence-corrected chi connectivity index (χ4v) is 3.79. The largest absolute Gasteiger partial charge is 0.375 e. The number of carbonyl (C=O) groups is 1. The molecule has 0 aliphatic carbocycles. The molecule has 2 aliphatic rings. The van der Waals surface area contributed by atoms with Crippen LogP contribution < -0.4 is 0 Å². The Bertz CT molecular complexity index is 688. The zero-order valence-electron chi connectivity index (χ0n) is 13.9. The third-order valence-electron chi connectivity index (χ3n) is 5.25. The number of rotatable bonds is 3. The lowest BCUT2D eigenvalue weighted by molar-refractivity contribution is -0.131. The van der Waals surface area contributed by atoms with Gasteiger partial charge >= 0.3 is 0 Å². The highest BCUT2D eigenvalue weighted by atomic mass is 16.5. The molecule has 3 heterocycles. The maximum Gasteiger partial charge on any atom is 0.222 e. The quantitative estimate of drug-likeness (QED) is 0.872. The molecule has 1 aromatic carbocycles. The van der Waals surface area contributed by atoms with Gasteiger partial charge in [0.1, 0.15) is 0 Å². The van der Waals surface area contributed by atoms with E-state index in [2.05, 4.69) is 17.2 Å². The van der Waals surface area contributed by atoms with Crippen LogP contribution in [0.25, 0.3) is 5.69 Å². The first kappa shape index (κ1) is 15.4. The van der Waals surface area contributed by atoms with Gasteiger partial charge in [0.25, 0.3) is 0 Å². The van der Waals surface area contributed by atoms with Crippen molar-refractivity contribution in [1.29, 1.82) is 0 Å². The number of benzene rings is 1. The zero-order valence-corrected chi connectivity index (χ0v) is 13.9. The second kappa shape index (κ2) is 6.40. The first-order valence-corrected chi connectivity index (χ1v) is 8.75. The number of hydrogen-bond acceptors (Lipinski definition) is 3. The van der Waals surface area contributed by atoms with Gasteiger partial charge in [-0.15, -0.1) is 0 Å². The van der Waals surface area contributed by atoms with Crippen LogP contribution in [-0.4, -0.2) is 39.3 Å². The molecule has 2 fully saturated rings. The topological polar surface area (TPSA) is 47.4 Å². The average molecular weight is 325 g/mol. The van der Waals surface area contributed by atoms with E-state index in [0.717, 1.165) is 50.1 Å². The Labute approximate surface area is 142 Å². The molecule has 1 atom stereocenters. The molecule has 1 aromatic heterocycles. The van der Waals surface area contributed by atoms with E-state index in [1.165, 1.54) is 0 Å². The molecule has 0 bridgehead atoms. The van der Waals surface area contributed by atoms with E-state index >= 15 is 0 Å². The highest BCUT2D eigenvalue weighted by molar-refractivity contribution is 5.76. The first-order chi connectivity index (χ1) is 11.7. The molecule has 4 rings (SSSR count). The van der Waals surface area contributed by atoms with Crippen LogP contribution in [-0.2, 0) is 16.1 Å². The molecule has 5 heteroatoms. The molecule has 2 aromatic rings. The van der Waals surface area contributed by atoms with E-state index in [0.29, 0.717) is 13.0 Å². The fraction of sp³-hybridized carbons (Fsp3) is 0.474. The minimum absolute atomic E-state index is 0.0334. The lowest BCUT2D eigenvalue weighted by atomic mass is 9.92. The fourth-order valence-electron chi connectivity index (χ4n) is 3.79. The minimum Gasteiger partial charge on any atom is -0.375 e. The number of likely N-dealkylation sites (tertiary alicyclic amines) is 1. The van der Waals surface area contributed by atoms with Gasteiger partial charge in [-0.25, -0.2) is 4.68 Å². The monoisotopic (exact) mass is 325 g/mol. The average Bonchev–Trinajstić information content (AvgIpc) is 3.27. The van der Waals surface area contributed by atoms with Crippen LogP contribution in [0, 0.1) is 0 Å². The van der Waals surface area contributed by atoms with E-state index in [1.807, 2.05) is 34.0 Å². The highest BCUT2D eigenvalue weighted by Crippen LogP contribution is 2.36. The van der Waals surface area contributed by atoms with Crippen molar-refractivity contribution in [3.05, 3.63) is 48.3 Å². The van der Waals surface area contributed by atoms with Crippen LogP contribution in [0.15, 0.2) is 42.7 Å². The third kappa shape index (κ3) is 3.08. The van der Waals surface area contributed by atoms with Crippen LogP contribution >= 0.6 is 0 Å². The van der Waals surface area contributed by atoms with Gasteiger partial charge in [-0.2, -0.15) is 5.10 Å². The SMILES string of the molecule is O=C1CCC2(CCCO2)CCN1Cc1ccc(-n2cccn2)cc1. The molecule has 0 radical (unpaired) electrons. The highest BCUT2D eigenvalue weighted by Gasteiger charge is 2.38. The molecule has 24 heavy (non-hydrogen) atoms. The smallest absolute Gasteiger partial charge is 0.222 e. The Balaban J connectivity index is 1.43. The summed E-state index contributed by atoms with van der Waals surface area (Å²) in [5.74, 6) is 0.249. The molecule has 5 nitrogen and oxygen atoms in total. The summed E-state index contributed by atoms with van der Waals surface area (Å²) in [6.07, 6.45) is 8.37. The minimum atomic E-state index is -0.0334. The molecule has 0 saturated carbocycles. The second-order valence-electron chi connectivity index (χ2n) is 6.82. The van der Waals surface area contributed by atoms with Crippen molar-refractivity contribution in [1.82, 2.24) is 14.7 Å². The van der Waals surface area contributed by atoms with E-state index in [9.17, 15) is 4.79 Å². The van der Waals surface area contributed by atoms with Crippen LogP contribution in [0.4, 0.5) is 0 Å². The van der Waals surface area contributed by atoms with Crippen LogP contribution in [0.1, 0.15) is 37.7 Å². The maximum absolute atomic E-state index is 12.5. The van der Waals surface area contributed by atoms with E-state index in [1.54, 1.807) is 6.20 Å². The Hall–Kier alpha value is -2.14. The molecule has 0 N–H and O–H groups in total. The van der Waals surface area contributed by atoms with Gasteiger partial charge < -0.3 is 9.64 Å². The van der Waals surface area contributed by atoms with Crippen molar-refractivity contribution < 1.29 is 9.53 Å². The van der Waals surface area contributed by atoms with Crippen molar-refractivity contribution in [3.63, 3.8) is 0 Å². The number of amides is 1. The van der Waals surface area contributed by atoms with Crippen molar-refractivity contribution in [3.8, 4) is 5.69 Å². The third-order valence-corrected chi connectivity index (χ3v) is 5.25. The lowest BCUT2D eigenvalue weighted by Gasteiger charge is -2.26. The predicted molar refractivity (Wildman–Crippen MR) is 90.7 cm³/mol. The molecule has 1 unspecified atom stereocenters. The van der Waals surface area contributed by atoms with Crippen LogP contribution in [0.5, 0.6) is 0 Å². The van der Waals surface area contributed by atoms with E-state index < -0.39 is 0 Å². The maximum atomic E-state index is 12.5. The molecule has 126 valence electrons. The van der Waals surface area contributed by atoms with Gasteiger partial charge in [0.05, 0.1) is 11.3 Å². The summed E-state index contributed by atoms with van der Waals surface area (Å²) in [7, 11) is 0. The summed E-state index contributed by atoms with van der Waals surface area (Å²) < 4.78 is 7.81. The molecular weight excluding hydrogens is 302 g/mol. The van der Waals surface area contributed by atoms with Gasteiger partial charge in [-0.1, -0.05) is 12.1 Å². The summed E-state index contributed by atoms with van der Waals surface area (Å²) in [5.41, 5.74) is 2.15. The standard InChI is InChI=1S/C19H23N3O2/c23-18-7-9-19(8-1-14-24-19)10-13-21(18)15-16-3-5-17(6-4-16)22-12-2-11-20-22/h2-6,11-12H,1,7-10,13-15H2.